The van der Waals surface area contributed by atoms with Gasteiger partial charge in [-0.3, -0.25) is 4.79 Å². The van der Waals surface area contributed by atoms with Gasteiger partial charge in [-0.25, -0.2) is 0 Å². The van der Waals surface area contributed by atoms with Crippen LogP contribution >= 0.6 is 0 Å². The van der Waals surface area contributed by atoms with Gasteiger partial charge in [-0.05, 0) is 43.5 Å². The van der Waals surface area contributed by atoms with Gasteiger partial charge in [0.1, 0.15) is 0 Å². The van der Waals surface area contributed by atoms with Gasteiger partial charge in [0.15, 0.2) is 14.1 Å². The van der Waals surface area contributed by atoms with Crippen molar-refractivity contribution in [3.8, 4) is 0 Å². The summed E-state index contributed by atoms with van der Waals surface area (Å²) in [5.41, 5.74) is 1.88. The van der Waals surface area contributed by atoms with Crippen LogP contribution in [0.15, 0.2) is 54.6 Å². The molecule has 0 spiro atoms. The van der Waals surface area contributed by atoms with Gasteiger partial charge in [0.25, 0.3) is 0 Å². The van der Waals surface area contributed by atoms with Gasteiger partial charge in [-0.1, -0.05) is 54.6 Å². The van der Waals surface area contributed by atoms with Crippen LogP contribution in [0.3, 0.4) is 0 Å². The Morgan fingerprint density at radius 3 is 2.04 bits per heavy atom. The molecule has 0 N–H and O–H groups in total. The number of ketones is 1. The Kier molecular flexibility index (Phi) is 5.39. The summed E-state index contributed by atoms with van der Waals surface area (Å²) in [6, 6.07) is 17.9. The van der Waals surface area contributed by atoms with Crippen molar-refractivity contribution in [2.24, 2.45) is 0 Å². The number of carbonyl (C=O) groups is 1. The fraction of sp³-hybridized carbons (Fsp3) is 0.316. The van der Waals surface area contributed by atoms with E-state index in [1.54, 1.807) is 0 Å². The third-order valence-electron chi connectivity index (χ3n) is 3.64. The van der Waals surface area contributed by atoms with E-state index >= 15 is 0 Å². The van der Waals surface area contributed by atoms with E-state index in [1.807, 2.05) is 48.5 Å². The maximum atomic E-state index is 12.8. The number of carbonyl (C=O) groups excluding carboxylic acids is 1. The Morgan fingerprint density at radius 2 is 1.43 bits per heavy atom. The van der Waals surface area contributed by atoms with Crippen LogP contribution in [0.2, 0.25) is 32.7 Å². The Balaban J connectivity index is 2.32. The number of benzene rings is 2. The number of hydrogen-bond donors (Lipinski definition) is 0. The molecule has 0 radical (unpaired) electrons. The first kappa shape index (κ1) is 17.9. The minimum Gasteiger partial charge on any atom is -0.452 e. The molecular formula is C19H26O2Si2. The molecule has 0 heterocycles. The molecule has 0 aromatic heterocycles. The van der Waals surface area contributed by atoms with Gasteiger partial charge >= 0.3 is 0 Å². The average molecular weight is 343 g/mol. The van der Waals surface area contributed by atoms with Gasteiger partial charge in [0, 0.05) is 12.0 Å². The maximum Gasteiger partial charge on any atom is 0.206 e. The standard InChI is InChI=1S/C19H26O2Si2/c1-22(2,3)21-23(4,5)19-14-10-9-13-17(19)18(20)15-16-11-7-6-8-12-16/h6-14H,15H2,1-5H3. The van der Waals surface area contributed by atoms with E-state index in [4.69, 9.17) is 4.12 Å². The van der Waals surface area contributed by atoms with E-state index < -0.39 is 16.6 Å². The lowest BCUT2D eigenvalue weighted by molar-refractivity contribution is 0.0994. The van der Waals surface area contributed by atoms with Crippen LogP contribution in [0, 0.1) is 0 Å². The average Bonchev–Trinajstić information content (AvgIpc) is 2.46. The van der Waals surface area contributed by atoms with Crippen molar-refractivity contribution in [2.75, 3.05) is 0 Å². The first-order valence-electron chi connectivity index (χ1n) is 8.06. The highest BCUT2D eigenvalue weighted by Gasteiger charge is 2.34. The van der Waals surface area contributed by atoms with Gasteiger partial charge in [-0.2, -0.15) is 0 Å². The van der Waals surface area contributed by atoms with E-state index in [9.17, 15) is 4.79 Å². The molecule has 2 nitrogen and oxygen atoms in total. The second-order valence-electron chi connectivity index (χ2n) is 7.36. The summed E-state index contributed by atoms with van der Waals surface area (Å²) in [6.07, 6.45) is 0.440. The minimum absolute atomic E-state index is 0.173. The molecule has 122 valence electrons. The van der Waals surface area contributed by atoms with Crippen molar-refractivity contribution in [1.29, 1.82) is 0 Å². The van der Waals surface area contributed by atoms with Crippen LogP contribution in [0.1, 0.15) is 15.9 Å². The second-order valence-corrected chi connectivity index (χ2v) is 16.0. The Hall–Kier alpha value is -1.50. The summed E-state index contributed by atoms with van der Waals surface area (Å²) >= 11 is 0. The molecular weight excluding hydrogens is 316 g/mol. The molecule has 0 saturated heterocycles. The van der Waals surface area contributed by atoms with Crippen LogP contribution in [0.4, 0.5) is 0 Å². The molecule has 4 heteroatoms. The van der Waals surface area contributed by atoms with E-state index in [-0.39, 0.29) is 5.78 Å². The van der Waals surface area contributed by atoms with Crippen molar-refractivity contribution >= 4 is 27.6 Å². The first-order chi connectivity index (χ1) is 10.7. The molecule has 0 fully saturated rings. The lowest BCUT2D eigenvalue weighted by Gasteiger charge is -2.33. The molecule has 2 rings (SSSR count). The zero-order chi connectivity index (χ0) is 17.1. The SMILES string of the molecule is C[Si](C)(C)O[Si](C)(C)c1ccccc1C(=O)Cc1ccccc1. The zero-order valence-electron chi connectivity index (χ0n) is 14.7. The van der Waals surface area contributed by atoms with Crippen LogP contribution in [-0.2, 0) is 10.5 Å². The predicted molar refractivity (Wildman–Crippen MR) is 102 cm³/mol. The quantitative estimate of drug-likeness (QED) is 0.575. The molecule has 0 saturated carbocycles. The molecule has 0 aliphatic heterocycles. The Morgan fingerprint density at radius 1 is 0.870 bits per heavy atom. The molecule has 0 bridgehead atoms. The van der Waals surface area contributed by atoms with Gasteiger partial charge < -0.3 is 4.12 Å². The largest absolute Gasteiger partial charge is 0.452 e. The van der Waals surface area contributed by atoms with E-state index in [0.717, 1.165) is 16.3 Å². The molecule has 0 atom stereocenters. The molecule has 0 aliphatic carbocycles. The Labute approximate surface area is 141 Å². The summed E-state index contributed by atoms with van der Waals surface area (Å²) in [5.74, 6) is 0.173. The molecule has 2 aromatic carbocycles. The fourth-order valence-electron chi connectivity index (χ4n) is 2.95. The molecule has 2 aromatic rings. The summed E-state index contributed by atoms with van der Waals surface area (Å²) in [4.78, 5) is 12.8. The lowest BCUT2D eigenvalue weighted by atomic mass is 10.0. The third-order valence-corrected chi connectivity index (χ3v) is 9.87. The zero-order valence-corrected chi connectivity index (χ0v) is 16.7. The maximum absolute atomic E-state index is 12.8. The Bertz CT molecular complexity index is 673. The number of Topliss-reactive ketones (excluding diaryl/α,β-unsaturated/α-hetero) is 1. The van der Waals surface area contributed by atoms with Crippen molar-refractivity contribution in [1.82, 2.24) is 0 Å². The molecule has 23 heavy (non-hydrogen) atoms. The van der Waals surface area contributed by atoms with Crippen molar-refractivity contribution in [3.63, 3.8) is 0 Å². The highest BCUT2D eigenvalue weighted by atomic mass is 28.4. The summed E-state index contributed by atoms with van der Waals surface area (Å²) in [6.45, 7) is 11.0. The van der Waals surface area contributed by atoms with Crippen molar-refractivity contribution < 1.29 is 8.91 Å². The third kappa shape index (κ3) is 4.99. The number of rotatable bonds is 6. The van der Waals surface area contributed by atoms with Crippen LogP contribution < -0.4 is 5.19 Å². The van der Waals surface area contributed by atoms with Crippen LogP contribution in [0.25, 0.3) is 0 Å². The van der Waals surface area contributed by atoms with Crippen molar-refractivity contribution in [2.45, 2.75) is 39.2 Å². The normalized spacial score (nSPS) is 12.2. The summed E-state index contributed by atoms with van der Waals surface area (Å²) in [7, 11) is -3.76. The highest BCUT2D eigenvalue weighted by molar-refractivity contribution is 6.92. The topological polar surface area (TPSA) is 26.3 Å². The van der Waals surface area contributed by atoms with Crippen LogP contribution in [-0.4, -0.2) is 22.4 Å². The molecule has 0 amide bonds. The summed E-state index contributed by atoms with van der Waals surface area (Å²) in [5, 5.41) is 1.11. The second kappa shape index (κ2) is 6.95. The predicted octanol–water partition coefficient (Wildman–Crippen LogP) is 4.38. The number of hydrogen-bond acceptors (Lipinski definition) is 2. The highest BCUT2D eigenvalue weighted by Crippen LogP contribution is 2.17. The van der Waals surface area contributed by atoms with Gasteiger partial charge in [0.05, 0.1) is 0 Å². The molecule has 0 aliphatic rings. The molecule has 0 unspecified atom stereocenters. The van der Waals surface area contributed by atoms with E-state index in [2.05, 4.69) is 38.8 Å². The first-order valence-corrected chi connectivity index (χ1v) is 14.4. The van der Waals surface area contributed by atoms with E-state index in [1.165, 1.54) is 0 Å². The minimum atomic E-state index is -2.10. The van der Waals surface area contributed by atoms with E-state index in [0.29, 0.717) is 6.42 Å². The van der Waals surface area contributed by atoms with Gasteiger partial charge in [-0.15, -0.1) is 0 Å². The monoisotopic (exact) mass is 342 g/mol. The van der Waals surface area contributed by atoms with Crippen LogP contribution in [0.5, 0.6) is 0 Å². The fourth-order valence-corrected chi connectivity index (χ4v) is 10.9. The van der Waals surface area contributed by atoms with Gasteiger partial charge in [0.2, 0.25) is 8.32 Å². The lowest BCUT2D eigenvalue weighted by Crippen LogP contribution is -2.53. The summed E-state index contributed by atoms with van der Waals surface area (Å²) < 4.78 is 6.48. The smallest absolute Gasteiger partial charge is 0.206 e. The van der Waals surface area contributed by atoms with Crippen molar-refractivity contribution in [3.05, 3.63) is 65.7 Å².